The molecule has 110 valence electrons. The number of thiol groups is 1. The Morgan fingerprint density at radius 3 is 2.52 bits per heavy atom. The first-order valence-corrected chi connectivity index (χ1v) is 7.47. The van der Waals surface area contributed by atoms with E-state index in [9.17, 15) is 9.90 Å². The molecule has 0 aliphatic rings. The lowest BCUT2D eigenvalue weighted by Gasteiger charge is -2.16. The van der Waals surface area contributed by atoms with Crippen LogP contribution in [0, 0.1) is 6.92 Å². The van der Waals surface area contributed by atoms with E-state index in [0.717, 1.165) is 22.3 Å². The molecule has 2 rings (SSSR count). The lowest BCUT2D eigenvalue weighted by Crippen LogP contribution is -2.01. The molecule has 21 heavy (non-hydrogen) atoms. The molecule has 0 aromatic heterocycles. The summed E-state index contributed by atoms with van der Waals surface area (Å²) in [6.07, 6.45) is 0. The molecule has 0 amide bonds. The van der Waals surface area contributed by atoms with Crippen molar-refractivity contribution in [1.29, 1.82) is 0 Å². The van der Waals surface area contributed by atoms with Gasteiger partial charge in [-0.05, 0) is 46.7 Å². The highest BCUT2D eigenvalue weighted by molar-refractivity contribution is 7.97. The van der Waals surface area contributed by atoms with Crippen LogP contribution in [0.15, 0.2) is 36.4 Å². The molecule has 0 aliphatic heterocycles. The van der Waals surface area contributed by atoms with Gasteiger partial charge >= 0.3 is 0 Å². The van der Waals surface area contributed by atoms with E-state index < -0.39 is 0 Å². The molecule has 0 bridgehead atoms. The van der Waals surface area contributed by atoms with Crippen LogP contribution >= 0.6 is 12.6 Å². The Kier molecular flexibility index (Phi) is 4.86. The topological polar surface area (TPSA) is 37.3 Å². The summed E-state index contributed by atoms with van der Waals surface area (Å²) in [5.41, 5.74) is 5.35. The number of aliphatic hydroxyl groups is 1. The second-order valence-corrected chi connectivity index (χ2v) is 5.94. The van der Waals surface area contributed by atoms with Crippen molar-refractivity contribution in [3.05, 3.63) is 58.7 Å². The first-order valence-electron chi connectivity index (χ1n) is 7.02. The molecule has 0 aliphatic carbocycles. The molecule has 0 radical (unpaired) electrons. The smallest absolute Gasteiger partial charge is 0.216 e. The minimum absolute atomic E-state index is 0.0512. The molecule has 0 heterocycles. The van der Waals surface area contributed by atoms with Crippen molar-refractivity contribution in [2.24, 2.45) is 0 Å². The minimum atomic E-state index is -0.259. The number of aryl methyl sites for hydroxylation is 1. The molecular weight excluding hydrogens is 280 g/mol. The van der Waals surface area contributed by atoms with Crippen molar-refractivity contribution in [2.45, 2.75) is 33.3 Å². The summed E-state index contributed by atoms with van der Waals surface area (Å²) in [6, 6.07) is 11.6. The third-order valence-electron chi connectivity index (χ3n) is 3.74. The summed E-state index contributed by atoms with van der Waals surface area (Å²) in [6.45, 7) is 6.15. The van der Waals surface area contributed by atoms with E-state index in [0.29, 0.717) is 11.5 Å². The quantitative estimate of drug-likeness (QED) is 0.824. The maximum Gasteiger partial charge on any atom is 0.216 e. The van der Waals surface area contributed by atoms with Crippen molar-refractivity contribution < 1.29 is 9.90 Å². The summed E-state index contributed by atoms with van der Waals surface area (Å²) < 4.78 is 0. The van der Waals surface area contributed by atoms with Crippen molar-refractivity contribution in [3.8, 4) is 11.1 Å². The number of hydrogen-bond donors (Lipinski definition) is 2. The summed E-state index contributed by atoms with van der Waals surface area (Å²) in [4.78, 5) is 11.8. The van der Waals surface area contributed by atoms with Gasteiger partial charge in [0.2, 0.25) is 5.12 Å². The van der Waals surface area contributed by atoms with Crippen LogP contribution in [0.1, 0.15) is 46.8 Å². The minimum Gasteiger partial charge on any atom is -0.392 e. The average Bonchev–Trinajstić information content (AvgIpc) is 2.46. The molecule has 0 saturated heterocycles. The van der Waals surface area contributed by atoms with Crippen LogP contribution in [-0.4, -0.2) is 10.2 Å². The van der Waals surface area contributed by atoms with Gasteiger partial charge in [-0.1, -0.05) is 44.2 Å². The van der Waals surface area contributed by atoms with E-state index in [4.69, 9.17) is 0 Å². The van der Waals surface area contributed by atoms with Crippen molar-refractivity contribution in [1.82, 2.24) is 0 Å². The van der Waals surface area contributed by atoms with Gasteiger partial charge in [-0.3, -0.25) is 4.79 Å². The molecule has 3 heteroatoms. The summed E-state index contributed by atoms with van der Waals surface area (Å²) in [7, 11) is 0. The Morgan fingerprint density at radius 1 is 1.24 bits per heavy atom. The van der Waals surface area contributed by atoms with Gasteiger partial charge in [0.1, 0.15) is 0 Å². The van der Waals surface area contributed by atoms with Crippen LogP contribution in [0.5, 0.6) is 0 Å². The third kappa shape index (κ3) is 3.20. The molecule has 0 atom stereocenters. The van der Waals surface area contributed by atoms with E-state index in [1.807, 2.05) is 31.2 Å². The van der Waals surface area contributed by atoms with Gasteiger partial charge < -0.3 is 5.11 Å². The van der Waals surface area contributed by atoms with E-state index in [2.05, 4.69) is 32.5 Å². The average molecular weight is 300 g/mol. The lowest BCUT2D eigenvalue weighted by molar-refractivity contribution is 0.109. The van der Waals surface area contributed by atoms with Crippen LogP contribution in [0.2, 0.25) is 0 Å². The Hall–Kier alpha value is -1.58. The number of hydrogen-bond acceptors (Lipinski definition) is 2. The first kappa shape index (κ1) is 15.8. The molecule has 2 nitrogen and oxygen atoms in total. The van der Waals surface area contributed by atoms with E-state index in [1.165, 1.54) is 5.56 Å². The largest absolute Gasteiger partial charge is 0.392 e. The van der Waals surface area contributed by atoms with Crippen molar-refractivity contribution in [2.75, 3.05) is 0 Å². The molecule has 0 unspecified atom stereocenters. The standard InChI is InChI=1S/C18H20O2S/c1-11(2)13-7-8-15(14(9-13)10-19)17-12(3)5-4-6-16(17)18(20)21/h4-9,11,19H,10H2,1-3H3,(H,20,21). The fourth-order valence-corrected chi connectivity index (χ4v) is 2.74. The van der Waals surface area contributed by atoms with Crippen LogP contribution < -0.4 is 0 Å². The zero-order valence-corrected chi connectivity index (χ0v) is 13.4. The van der Waals surface area contributed by atoms with Gasteiger partial charge in [-0.15, -0.1) is 12.6 Å². The van der Waals surface area contributed by atoms with E-state index in [1.54, 1.807) is 6.07 Å². The highest BCUT2D eigenvalue weighted by atomic mass is 32.1. The van der Waals surface area contributed by atoms with Gasteiger partial charge in [-0.2, -0.15) is 0 Å². The monoisotopic (exact) mass is 300 g/mol. The van der Waals surface area contributed by atoms with Gasteiger partial charge in [0.05, 0.1) is 6.61 Å². The Balaban J connectivity index is 2.70. The number of carbonyl (C=O) groups excluding carboxylic acids is 1. The van der Waals surface area contributed by atoms with Gasteiger partial charge in [-0.25, -0.2) is 0 Å². The number of benzene rings is 2. The molecule has 2 aromatic rings. The second kappa shape index (κ2) is 6.46. The molecule has 0 saturated carbocycles. The molecule has 0 spiro atoms. The normalized spacial score (nSPS) is 11.0. The fourth-order valence-electron chi connectivity index (χ4n) is 2.55. The van der Waals surface area contributed by atoms with Crippen molar-refractivity contribution >= 4 is 17.7 Å². The zero-order valence-electron chi connectivity index (χ0n) is 12.6. The number of rotatable bonds is 4. The fraction of sp³-hybridized carbons (Fsp3) is 0.278. The van der Waals surface area contributed by atoms with E-state index >= 15 is 0 Å². The van der Waals surface area contributed by atoms with Crippen LogP contribution in [0.4, 0.5) is 0 Å². The summed E-state index contributed by atoms with van der Waals surface area (Å²) >= 11 is 3.97. The third-order valence-corrected chi connectivity index (χ3v) is 3.98. The van der Waals surface area contributed by atoms with Crippen LogP contribution in [-0.2, 0) is 6.61 Å². The first-order chi connectivity index (χ1) is 9.95. The van der Waals surface area contributed by atoms with Crippen LogP contribution in [0.3, 0.4) is 0 Å². The number of carbonyl (C=O) groups is 1. The predicted octanol–water partition coefficient (Wildman–Crippen LogP) is 4.35. The zero-order chi connectivity index (χ0) is 15.6. The second-order valence-electron chi connectivity index (χ2n) is 5.53. The molecule has 2 aromatic carbocycles. The maximum absolute atomic E-state index is 11.8. The predicted molar refractivity (Wildman–Crippen MR) is 89.9 cm³/mol. The number of aliphatic hydroxyl groups excluding tert-OH is 1. The molecular formula is C18H20O2S. The van der Waals surface area contributed by atoms with Crippen molar-refractivity contribution in [3.63, 3.8) is 0 Å². The van der Waals surface area contributed by atoms with Gasteiger partial charge in [0, 0.05) is 5.56 Å². The Bertz CT molecular complexity index is 675. The molecule has 0 fully saturated rings. The highest BCUT2D eigenvalue weighted by Gasteiger charge is 2.16. The Labute approximate surface area is 131 Å². The van der Waals surface area contributed by atoms with Gasteiger partial charge in [0.25, 0.3) is 0 Å². The van der Waals surface area contributed by atoms with Crippen LogP contribution in [0.25, 0.3) is 11.1 Å². The van der Waals surface area contributed by atoms with Gasteiger partial charge in [0.15, 0.2) is 0 Å². The highest BCUT2D eigenvalue weighted by Crippen LogP contribution is 2.33. The maximum atomic E-state index is 11.8. The summed E-state index contributed by atoms with van der Waals surface area (Å²) in [5.74, 6) is 0.396. The SMILES string of the molecule is Cc1cccc(C(=O)S)c1-c1ccc(C(C)C)cc1CO. The van der Waals surface area contributed by atoms with E-state index in [-0.39, 0.29) is 11.7 Å². The summed E-state index contributed by atoms with van der Waals surface area (Å²) in [5, 5.41) is 9.44. The molecule has 1 N–H and O–H groups in total. The lowest BCUT2D eigenvalue weighted by atomic mass is 9.89. The Morgan fingerprint density at radius 2 is 1.95 bits per heavy atom.